The first-order chi connectivity index (χ1) is 36.7. The number of nitrogens with one attached hydrogen (secondary N) is 2. The van der Waals surface area contributed by atoms with E-state index in [2.05, 4.69) is 160 Å². The maximum atomic E-state index is 14.5. The molecule has 16 heteroatoms. The average molecular weight is 1070 g/mol. The third-order valence-corrected chi connectivity index (χ3v) is 21.6. The molecule has 14 nitrogen and oxygen atoms in total. The fourth-order valence-corrected chi connectivity index (χ4v) is 16.3. The molecule has 3 unspecified atom stereocenters. The van der Waals surface area contributed by atoms with Gasteiger partial charge in [-0.2, -0.15) is 0 Å². The molecule has 1 aliphatic carbocycles. The summed E-state index contributed by atoms with van der Waals surface area (Å²) in [6.07, 6.45) is 13.6. The Hall–Kier alpha value is -7.23. The summed E-state index contributed by atoms with van der Waals surface area (Å²) in [6, 6.07) is 27.2. The van der Waals surface area contributed by atoms with Gasteiger partial charge in [0.2, 0.25) is 0 Å². The van der Waals surface area contributed by atoms with Gasteiger partial charge in [0.1, 0.15) is 33.3 Å². The van der Waals surface area contributed by atoms with Crippen LogP contribution in [0.15, 0.2) is 130 Å². The molecule has 77 heavy (non-hydrogen) atoms. The lowest BCUT2D eigenvalue weighted by atomic mass is 9.78. The highest BCUT2D eigenvalue weighted by Gasteiger charge is 2.56. The number of allylic oxidation sites excluding steroid dienone is 5. The van der Waals surface area contributed by atoms with E-state index in [9.17, 15) is 25.2 Å². The molecule has 0 saturated carbocycles. The number of ether oxygens (including phenoxy) is 1. The second kappa shape index (κ2) is 21.7. The molecule has 5 aromatic rings. The Kier molecular flexibility index (Phi) is 15.3. The summed E-state index contributed by atoms with van der Waals surface area (Å²) in [6.45, 7) is 14.0. The van der Waals surface area contributed by atoms with Crippen LogP contribution in [0.5, 0.6) is 0 Å². The first-order valence-corrected chi connectivity index (χ1v) is 30.4. The third-order valence-electron chi connectivity index (χ3n) is 16.2. The van der Waals surface area contributed by atoms with Crippen molar-refractivity contribution in [3.8, 4) is 0 Å². The van der Waals surface area contributed by atoms with E-state index in [1.807, 2.05) is 54.6 Å². The van der Waals surface area contributed by atoms with Crippen LogP contribution in [-0.4, -0.2) is 101 Å². The van der Waals surface area contributed by atoms with Crippen molar-refractivity contribution in [2.45, 2.75) is 100 Å². The van der Waals surface area contributed by atoms with Gasteiger partial charge in [-0.05, 0) is 148 Å². The van der Waals surface area contributed by atoms with Gasteiger partial charge in [0.05, 0.1) is 10.3 Å². The zero-order valence-corrected chi connectivity index (χ0v) is 48.0. The monoisotopic (exact) mass is 1070 g/mol. The molecule has 0 fully saturated rings. The molecule has 2 amide bonds. The van der Waals surface area contributed by atoms with E-state index in [0.717, 1.165) is 51.1 Å². The molecular weight excluding hydrogens is 999 g/mol. The van der Waals surface area contributed by atoms with Crippen LogP contribution in [0.4, 0.5) is 17.1 Å². The van der Waals surface area contributed by atoms with Crippen LogP contribution < -0.4 is 25.6 Å². The number of carbonyl (C=O) groups is 2. The van der Waals surface area contributed by atoms with E-state index >= 15 is 0 Å². The van der Waals surface area contributed by atoms with Gasteiger partial charge in [-0.1, -0.05) is 93.6 Å². The summed E-state index contributed by atoms with van der Waals surface area (Å²) in [5.74, 6) is -0.530. The topological polar surface area (TPSA) is 169 Å². The van der Waals surface area contributed by atoms with Gasteiger partial charge >= 0.3 is 0 Å². The number of nitrogens with zero attached hydrogens (tertiary/aromatic N) is 7. The normalized spacial score (nSPS) is 18.1. The van der Waals surface area contributed by atoms with E-state index in [4.69, 9.17) is 4.74 Å². The number of rotatable bonds is 17. The number of unbranched alkanes of at least 4 members (excludes halogenated alkanes) is 1. The van der Waals surface area contributed by atoms with Gasteiger partial charge < -0.3 is 25.2 Å². The first-order valence-electron chi connectivity index (χ1n) is 26.6. The van der Waals surface area contributed by atoms with Gasteiger partial charge in [-0.25, -0.2) is 4.58 Å². The zero-order valence-electron chi connectivity index (χ0n) is 46.2. The van der Waals surface area contributed by atoms with Crippen molar-refractivity contribution in [2.24, 2.45) is 5.11 Å². The number of carbonyl (C=O) groups excluding carboxylic acids is 2. The summed E-state index contributed by atoms with van der Waals surface area (Å²) in [5, 5.41) is 26.7. The molecule has 4 aliphatic rings. The van der Waals surface area contributed by atoms with E-state index in [1.165, 1.54) is 38.5 Å². The van der Waals surface area contributed by atoms with Gasteiger partial charge in [0, 0.05) is 102 Å². The van der Waals surface area contributed by atoms with Crippen LogP contribution in [0.2, 0.25) is 13.1 Å². The SMILES string of the molecule is CCCCOC(CCCC(CNC(=O)c1ccc(C2=C3C=CC(=[N+](C)C)C=C3[Si](C)(C)c3cc(N(C)C)ccc32)c(C)c1)NC(=O)c1ccc2c(c1)C(C)(C)C1(C=Cc3cc([N+](=O)[O-])c4ccccc4c3S1)N2C)N=[N+]=[N-]. The molecule has 398 valence electrons. The first kappa shape index (κ1) is 54.6. The van der Waals surface area contributed by atoms with Crippen LogP contribution in [0.3, 0.4) is 0 Å². The summed E-state index contributed by atoms with van der Waals surface area (Å²) in [4.78, 5) is 48.4. The van der Waals surface area contributed by atoms with Gasteiger partial charge in [0.15, 0.2) is 5.71 Å². The third kappa shape index (κ3) is 10.0. The lowest BCUT2D eigenvalue weighted by Gasteiger charge is -2.45. The summed E-state index contributed by atoms with van der Waals surface area (Å²) >= 11 is 1.68. The Bertz CT molecular complexity index is 3460. The Morgan fingerprint density at radius 3 is 2.36 bits per heavy atom. The number of amides is 2. The fourth-order valence-electron chi connectivity index (χ4n) is 11.6. The van der Waals surface area contributed by atoms with E-state index in [-0.39, 0.29) is 29.0 Å². The van der Waals surface area contributed by atoms with Crippen molar-refractivity contribution in [1.29, 1.82) is 0 Å². The maximum Gasteiger partial charge on any atom is 0.277 e. The minimum Gasteiger partial charge on any atom is -0.378 e. The number of hydrogen-bond donors (Lipinski definition) is 2. The number of azide groups is 1. The lowest BCUT2D eigenvalue weighted by molar-refractivity contribution is -0.462. The smallest absolute Gasteiger partial charge is 0.277 e. The Morgan fingerprint density at radius 2 is 1.66 bits per heavy atom. The standard InChI is InChI=1S/C61H69N9O5SSi/c1-12-13-31-75-55(65-66-62)20-16-17-42(64-59(72)41-22-28-51-50(33-41)60(3,4)61(69(51)9)30-29-39-34-52(70(73)74)46-18-14-15-19-47(46)57(39)76-61)37-63-58(71)40-21-25-45(38(2)32-40)56-48-26-23-43(67(5)6)35-53(48)77(10,11)54-36-44(68(7)8)24-27-49(54)56/h14-15,18-19,21-30,32-36,42,55H,12-13,16-17,20,31,37H2,1-11H3,(H-,63,64,71,72)/p+1. The van der Waals surface area contributed by atoms with Crippen LogP contribution in [0, 0.1) is 17.0 Å². The zero-order chi connectivity index (χ0) is 55.1. The quantitative estimate of drug-likeness (QED) is 0.0136. The molecule has 1 spiro atoms. The molecular formula is C61H70N9O5SSi+. The van der Waals surface area contributed by atoms with Crippen molar-refractivity contribution in [3.63, 3.8) is 0 Å². The van der Waals surface area contributed by atoms with E-state index in [0.29, 0.717) is 42.4 Å². The molecule has 0 aromatic heterocycles. The summed E-state index contributed by atoms with van der Waals surface area (Å²) in [5.41, 5.74) is 20.7. The number of hydrogen-bond acceptors (Lipinski definition) is 9. The molecule has 9 rings (SSSR count). The Morgan fingerprint density at radius 1 is 0.935 bits per heavy atom. The second-order valence-corrected chi connectivity index (χ2v) is 27.7. The van der Waals surface area contributed by atoms with Crippen molar-refractivity contribution >= 4 is 82.0 Å². The Labute approximate surface area is 457 Å². The average Bonchev–Trinajstić information content (AvgIpc) is 3.87. The van der Waals surface area contributed by atoms with E-state index in [1.54, 1.807) is 23.9 Å². The number of anilines is 2. The predicted molar refractivity (Wildman–Crippen MR) is 317 cm³/mol. The van der Waals surface area contributed by atoms with Crippen LogP contribution in [-0.2, 0) is 10.2 Å². The molecule has 0 saturated heterocycles. The highest BCUT2D eigenvalue weighted by molar-refractivity contribution is 8.01. The van der Waals surface area contributed by atoms with Gasteiger partial charge in [0.25, 0.3) is 17.5 Å². The Balaban J connectivity index is 0.975. The van der Waals surface area contributed by atoms with Crippen molar-refractivity contribution in [2.75, 3.05) is 58.2 Å². The largest absolute Gasteiger partial charge is 0.378 e. The molecule has 3 heterocycles. The number of benzene rings is 5. The number of non-ortho nitro benzene ring substituents is 1. The molecule has 2 N–H and O–H groups in total. The number of nitro groups is 1. The molecule has 0 bridgehead atoms. The highest BCUT2D eigenvalue weighted by atomic mass is 32.2. The highest BCUT2D eigenvalue weighted by Crippen LogP contribution is 2.62. The van der Waals surface area contributed by atoms with Crippen LogP contribution in [0.25, 0.3) is 32.9 Å². The van der Waals surface area contributed by atoms with Crippen molar-refractivity contribution in [3.05, 3.63) is 180 Å². The lowest BCUT2D eigenvalue weighted by Crippen LogP contribution is -2.50. The van der Waals surface area contributed by atoms with Gasteiger partial charge in [-0.15, -0.1) is 0 Å². The predicted octanol–water partition coefficient (Wildman–Crippen LogP) is 12.0. The van der Waals surface area contributed by atoms with Crippen molar-refractivity contribution < 1.29 is 23.8 Å². The van der Waals surface area contributed by atoms with Gasteiger partial charge in [-0.3, -0.25) is 19.7 Å². The molecule has 3 atom stereocenters. The molecule has 3 aliphatic heterocycles. The number of aryl methyl sites for hydroxylation is 1. The molecule has 0 radical (unpaired) electrons. The van der Waals surface area contributed by atoms with E-state index < -0.39 is 30.6 Å². The minimum absolute atomic E-state index is 0.0760. The van der Waals surface area contributed by atoms with Crippen LogP contribution >= 0.6 is 11.8 Å². The maximum absolute atomic E-state index is 14.5. The second-order valence-electron chi connectivity index (χ2n) is 22.1. The number of fused-ring (bicyclic) bond motifs is 6. The summed E-state index contributed by atoms with van der Waals surface area (Å²) < 4.78 is 8.07. The van der Waals surface area contributed by atoms with Crippen LogP contribution in [0.1, 0.15) is 101 Å². The summed E-state index contributed by atoms with van der Waals surface area (Å²) in [7, 11) is 8.23. The fraction of sp³-hybridized carbons (Fsp3) is 0.361. The number of nitro benzene ring substituents is 1. The van der Waals surface area contributed by atoms with Crippen molar-refractivity contribution in [1.82, 2.24) is 10.6 Å². The number of likely N-dealkylation sites (N-methyl/N-ethyl adjacent to an activating group) is 1. The minimum atomic E-state index is -2.15. The molecule has 5 aromatic carbocycles. The number of thioether (sulfide) groups is 1.